The summed E-state index contributed by atoms with van der Waals surface area (Å²) < 4.78 is 40.1. The van der Waals surface area contributed by atoms with Gasteiger partial charge in [0.15, 0.2) is 0 Å². The molecule has 0 radical (unpaired) electrons. The van der Waals surface area contributed by atoms with Gasteiger partial charge in [-0.25, -0.2) is 9.10 Å². The third kappa shape index (κ3) is 5.48. The Balaban J connectivity index is 1.89. The molecule has 1 saturated heterocycles. The van der Waals surface area contributed by atoms with Crippen molar-refractivity contribution in [1.82, 2.24) is 9.62 Å². The smallest absolute Gasteiger partial charge is 0.408 e. The highest BCUT2D eigenvalue weighted by molar-refractivity contribution is 7.85. The van der Waals surface area contributed by atoms with Crippen molar-refractivity contribution in [2.75, 3.05) is 13.2 Å². The number of esters is 1. The molecule has 1 fully saturated rings. The lowest BCUT2D eigenvalue weighted by molar-refractivity contribution is -0.155. The van der Waals surface area contributed by atoms with Crippen molar-refractivity contribution >= 4 is 28.3 Å². The van der Waals surface area contributed by atoms with Crippen LogP contribution in [0.25, 0.3) is 0 Å². The van der Waals surface area contributed by atoms with Crippen LogP contribution in [0.5, 0.6) is 0 Å². The van der Waals surface area contributed by atoms with Gasteiger partial charge >= 0.3 is 22.4 Å². The predicted molar refractivity (Wildman–Crippen MR) is 105 cm³/mol. The Hall–Kier alpha value is -2.66. The van der Waals surface area contributed by atoms with Crippen LogP contribution < -0.4 is 5.32 Å². The summed E-state index contributed by atoms with van der Waals surface area (Å²) >= 11 is 0. The quantitative estimate of drug-likeness (QED) is 0.448. The van der Waals surface area contributed by atoms with Crippen LogP contribution in [0.2, 0.25) is 0 Å². The molecule has 2 amide bonds. The maximum absolute atomic E-state index is 12.4. The maximum atomic E-state index is 12.4. The third-order valence-corrected chi connectivity index (χ3v) is 5.87. The van der Waals surface area contributed by atoms with Crippen molar-refractivity contribution in [1.29, 1.82) is 0 Å². The van der Waals surface area contributed by atoms with E-state index in [9.17, 15) is 22.8 Å². The van der Waals surface area contributed by atoms with Gasteiger partial charge < -0.3 is 14.8 Å². The molecular weight excluding hydrogens is 416 g/mol. The standard InChI is InChI=1S/C19H26N2O8S/c1-5-27-17(23)19(3,4)12-29-30(25,26)21-13(2)15(16(21)22)20-18(24)28-11-14-9-7-6-8-10-14/h6-10,13,15H,5,11-12H2,1-4H3,(H,20,24). The Labute approximate surface area is 175 Å². The van der Waals surface area contributed by atoms with Crippen LogP contribution in [0.15, 0.2) is 30.3 Å². The molecule has 1 aromatic carbocycles. The molecule has 0 aromatic heterocycles. The van der Waals surface area contributed by atoms with Crippen LogP contribution in [-0.4, -0.2) is 56.0 Å². The van der Waals surface area contributed by atoms with E-state index in [-0.39, 0.29) is 13.2 Å². The molecule has 30 heavy (non-hydrogen) atoms. The fraction of sp³-hybridized carbons (Fsp3) is 0.526. The molecule has 0 aliphatic carbocycles. The van der Waals surface area contributed by atoms with Crippen molar-refractivity contribution in [3.8, 4) is 0 Å². The topological polar surface area (TPSA) is 128 Å². The van der Waals surface area contributed by atoms with Gasteiger partial charge in [-0.05, 0) is 33.3 Å². The lowest BCUT2D eigenvalue weighted by Gasteiger charge is -2.43. The average Bonchev–Trinajstić information content (AvgIpc) is 2.70. The van der Waals surface area contributed by atoms with Gasteiger partial charge in [-0.2, -0.15) is 8.42 Å². The Morgan fingerprint density at radius 1 is 1.17 bits per heavy atom. The summed E-state index contributed by atoms with van der Waals surface area (Å²) in [5.74, 6) is -1.48. The highest BCUT2D eigenvalue weighted by Gasteiger charge is 2.53. The van der Waals surface area contributed by atoms with Gasteiger partial charge in [0.2, 0.25) is 0 Å². The summed E-state index contributed by atoms with van der Waals surface area (Å²) in [5.41, 5.74) is -0.457. The van der Waals surface area contributed by atoms with Gasteiger partial charge in [-0.15, -0.1) is 0 Å². The summed E-state index contributed by atoms with van der Waals surface area (Å²) in [7, 11) is -4.44. The Morgan fingerprint density at radius 2 is 1.80 bits per heavy atom. The summed E-state index contributed by atoms with van der Waals surface area (Å²) in [4.78, 5) is 36.1. The van der Waals surface area contributed by atoms with Crippen LogP contribution in [0.1, 0.15) is 33.3 Å². The van der Waals surface area contributed by atoms with E-state index in [4.69, 9.17) is 13.7 Å². The summed E-state index contributed by atoms with van der Waals surface area (Å²) in [5, 5.41) is 2.35. The van der Waals surface area contributed by atoms with E-state index in [1.807, 2.05) is 6.07 Å². The largest absolute Gasteiger partial charge is 0.466 e. The molecule has 0 bridgehead atoms. The molecule has 11 heteroatoms. The molecule has 0 spiro atoms. The Kier molecular flexibility index (Phi) is 7.43. The third-order valence-electron chi connectivity index (χ3n) is 4.46. The minimum absolute atomic E-state index is 0.00995. The van der Waals surface area contributed by atoms with E-state index in [1.165, 1.54) is 20.8 Å². The monoisotopic (exact) mass is 442 g/mol. The second-order valence-corrected chi connectivity index (χ2v) is 8.87. The number of alkyl carbamates (subject to hydrolysis) is 1. The van der Waals surface area contributed by atoms with E-state index in [2.05, 4.69) is 5.32 Å². The Bertz CT molecular complexity index is 885. The number of nitrogens with zero attached hydrogens (tertiary/aromatic N) is 1. The first kappa shape index (κ1) is 23.6. The van der Waals surface area contributed by atoms with Crippen molar-refractivity contribution in [2.45, 2.75) is 46.4 Å². The molecule has 1 aromatic rings. The van der Waals surface area contributed by atoms with Gasteiger partial charge in [0.25, 0.3) is 5.91 Å². The number of nitrogens with one attached hydrogen (secondary N) is 1. The van der Waals surface area contributed by atoms with Crippen molar-refractivity contribution in [3.63, 3.8) is 0 Å². The van der Waals surface area contributed by atoms with Crippen LogP contribution in [0.4, 0.5) is 4.79 Å². The van der Waals surface area contributed by atoms with Crippen molar-refractivity contribution in [3.05, 3.63) is 35.9 Å². The fourth-order valence-electron chi connectivity index (χ4n) is 2.65. The van der Waals surface area contributed by atoms with Gasteiger partial charge in [0.1, 0.15) is 12.6 Å². The first-order valence-electron chi connectivity index (χ1n) is 9.36. The maximum Gasteiger partial charge on any atom is 0.408 e. The second kappa shape index (κ2) is 9.43. The molecule has 0 saturated carbocycles. The molecular formula is C19H26N2O8S. The molecule has 1 N–H and O–H groups in total. The minimum atomic E-state index is -4.44. The lowest BCUT2D eigenvalue weighted by Crippen LogP contribution is -2.71. The molecule has 10 nitrogen and oxygen atoms in total. The van der Waals surface area contributed by atoms with Gasteiger partial charge in [0.05, 0.1) is 24.7 Å². The number of hydrogen-bond donors (Lipinski definition) is 1. The number of amides is 2. The number of ether oxygens (including phenoxy) is 2. The van der Waals surface area contributed by atoms with E-state index in [0.717, 1.165) is 5.56 Å². The SMILES string of the molecule is CCOC(=O)C(C)(C)COS(=O)(=O)N1C(=O)C(NC(=O)OCc2ccccc2)C1C. The molecule has 2 unspecified atom stereocenters. The van der Waals surface area contributed by atoms with Gasteiger partial charge in [-0.3, -0.25) is 13.8 Å². The van der Waals surface area contributed by atoms with E-state index in [1.54, 1.807) is 31.2 Å². The number of rotatable bonds is 9. The number of benzene rings is 1. The van der Waals surface area contributed by atoms with Crippen LogP contribution in [-0.2, 0) is 40.2 Å². The zero-order valence-electron chi connectivity index (χ0n) is 17.3. The molecule has 166 valence electrons. The van der Waals surface area contributed by atoms with Crippen LogP contribution in [0.3, 0.4) is 0 Å². The van der Waals surface area contributed by atoms with E-state index in [0.29, 0.717) is 4.31 Å². The number of β-lactam (4-membered cyclic amide) rings is 1. The summed E-state index contributed by atoms with van der Waals surface area (Å²) in [6.07, 6.45) is -0.842. The normalized spacial score (nSPS) is 19.1. The first-order valence-corrected chi connectivity index (χ1v) is 10.7. The number of carbonyl (C=O) groups is 3. The zero-order chi connectivity index (χ0) is 22.5. The lowest BCUT2D eigenvalue weighted by atomic mass is 9.95. The van der Waals surface area contributed by atoms with Gasteiger partial charge in [-0.1, -0.05) is 30.3 Å². The molecule has 1 heterocycles. The van der Waals surface area contributed by atoms with Crippen molar-refractivity contribution < 1.29 is 36.5 Å². The van der Waals surface area contributed by atoms with E-state index < -0.39 is 52.4 Å². The van der Waals surface area contributed by atoms with Crippen molar-refractivity contribution in [2.24, 2.45) is 5.41 Å². The highest BCUT2D eigenvalue weighted by Crippen LogP contribution is 2.27. The average molecular weight is 442 g/mol. The summed E-state index contributed by atoms with van der Waals surface area (Å²) in [6.45, 7) is 5.66. The molecule has 1 aliphatic heterocycles. The van der Waals surface area contributed by atoms with Gasteiger partial charge in [0, 0.05) is 0 Å². The van der Waals surface area contributed by atoms with Crippen LogP contribution in [0, 0.1) is 5.41 Å². The first-order chi connectivity index (χ1) is 14.0. The number of carbonyl (C=O) groups excluding carboxylic acids is 3. The summed E-state index contributed by atoms with van der Waals surface area (Å²) in [6, 6.07) is 7.01. The molecule has 2 rings (SSSR count). The fourth-order valence-corrected chi connectivity index (χ4v) is 4.07. The predicted octanol–water partition coefficient (Wildman–Crippen LogP) is 1.36. The second-order valence-electron chi connectivity index (χ2n) is 7.38. The highest BCUT2D eigenvalue weighted by atomic mass is 32.2. The van der Waals surface area contributed by atoms with Crippen LogP contribution >= 0.6 is 0 Å². The zero-order valence-corrected chi connectivity index (χ0v) is 18.1. The minimum Gasteiger partial charge on any atom is -0.466 e. The Morgan fingerprint density at radius 3 is 2.37 bits per heavy atom. The van der Waals surface area contributed by atoms with E-state index >= 15 is 0 Å². The molecule has 2 atom stereocenters. The molecule has 1 aliphatic rings. The number of hydrogen-bond acceptors (Lipinski definition) is 8.